The Morgan fingerprint density at radius 1 is 1.31 bits per heavy atom. The second-order valence-corrected chi connectivity index (χ2v) is 8.73. The highest BCUT2D eigenvalue weighted by atomic mass is 16.5. The highest BCUT2D eigenvalue weighted by molar-refractivity contribution is 5.80. The number of hydrogen-bond acceptors (Lipinski definition) is 3. The third-order valence-corrected chi connectivity index (χ3v) is 7.20. The second-order valence-electron chi connectivity index (χ2n) is 8.73. The van der Waals surface area contributed by atoms with E-state index in [9.17, 15) is 9.90 Å². The SMILES string of the molecule is C/C=C(\C)[C@@H]1OC2C(CO)=C[C@@](C)(/C=C/C(=O)O)[C@H]3C(C)=C[C@]1(C)[C@@]23C. The summed E-state index contributed by atoms with van der Waals surface area (Å²) in [6.07, 6.45) is 9.22. The molecular formula is C22H30O4. The van der Waals surface area contributed by atoms with E-state index in [2.05, 4.69) is 46.8 Å². The van der Waals surface area contributed by atoms with Gasteiger partial charge in [-0.2, -0.15) is 0 Å². The van der Waals surface area contributed by atoms with Gasteiger partial charge in [-0.3, -0.25) is 0 Å². The summed E-state index contributed by atoms with van der Waals surface area (Å²) in [5.41, 5.74) is 2.35. The lowest BCUT2D eigenvalue weighted by atomic mass is 9.50. The zero-order valence-corrected chi connectivity index (χ0v) is 16.5. The van der Waals surface area contributed by atoms with Crippen molar-refractivity contribution in [1.29, 1.82) is 0 Å². The van der Waals surface area contributed by atoms with Crippen LogP contribution < -0.4 is 0 Å². The molecule has 2 aliphatic carbocycles. The first kappa shape index (κ1) is 19.1. The van der Waals surface area contributed by atoms with E-state index in [4.69, 9.17) is 9.84 Å². The van der Waals surface area contributed by atoms with Crippen LogP contribution in [-0.4, -0.2) is 35.0 Å². The van der Waals surface area contributed by atoms with Crippen LogP contribution in [0.5, 0.6) is 0 Å². The molecule has 142 valence electrons. The van der Waals surface area contributed by atoms with E-state index < -0.39 is 11.4 Å². The third-order valence-electron chi connectivity index (χ3n) is 7.20. The van der Waals surface area contributed by atoms with Gasteiger partial charge in [-0.25, -0.2) is 4.79 Å². The Balaban J connectivity index is 2.24. The summed E-state index contributed by atoms with van der Waals surface area (Å²) in [4.78, 5) is 11.2. The van der Waals surface area contributed by atoms with Crippen molar-refractivity contribution in [3.05, 3.63) is 47.1 Å². The van der Waals surface area contributed by atoms with E-state index >= 15 is 0 Å². The third kappa shape index (κ3) is 2.25. The van der Waals surface area contributed by atoms with Gasteiger partial charge in [0.1, 0.15) is 0 Å². The summed E-state index contributed by atoms with van der Waals surface area (Å²) in [5, 5.41) is 19.2. The van der Waals surface area contributed by atoms with Crippen LogP contribution in [0.2, 0.25) is 0 Å². The number of carboxylic acids is 1. The Hall–Kier alpha value is -1.65. The van der Waals surface area contributed by atoms with Crippen molar-refractivity contribution in [2.24, 2.45) is 22.2 Å². The summed E-state index contributed by atoms with van der Waals surface area (Å²) in [5.74, 6) is -0.837. The van der Waals surface area contributed by atoms with Gasteiger partial charge in [-0.1, -0.05) is 50.6 Å². The van der Waals surface area contributed by atoms with Crippen LogP contribution in [0.25, 0.3) is 0 Å². The average Bonchev–Trinajstić information content (AvgIpc) is 2.92. The first-order chi connectivity index (χ1) is 12.0. The molecular weight excluding hydrogens is 328 g/mol. The minimum atomic E-state index is -0.954. The predicted molar refractivity (Wildman–Crippen MR) is 102 cm³/mol. The quantitative estimate of drug-likeness (QED) is 0.591. The molecule has 1 aliphatic heterocycles. The fourth-order valence-electron chi connectivity index (χ4n) is 6.13. The van der Waals surface area contributed by atoms with Gasteiger partial charge in [0.25, 0.3) is 0 Å². The van der Waals surface area contributed by atoms with Gasteiger partial charge < -0.3 is 14.9 Å². The number of carboxylic acid groups (broad SMARTS) is 1. The second kappa shape index (κ2) is 5.93. The molecule has 0 aromatic rings. The van der Waals surface area contributed by atoms with Crippen LogP contribution in [0, 0.1) is 22.2 Å². The highest BCUT2D eigenvalue weighted by Crippen LogP contribution is 2.71. The van der Waals surface area contributed by atoms with E-state index in [-0.39, 0.29) is 35.6 Å². The zero-order chi connectivity index (χ0) is 19.5. The Labute approximate surface area is 155 Å². The minimum absolute atomic E-state index is 0.0526. The fourth-order valence-corrected chi connectivity index (χ4v) is 6.13. The standard InChI is InChI=1S/C22H30O4/c1-7-13(2)18-21(5)10-14(3)17-20(4,9-8-16(24)25)11-15(12-23)19(26-18)22(17,21)6/h7-11,17-19,23H,12H2,1-6H3,(H,24,25)/b9-8+,13-7+/t17-,18+,19?,20-,21+,22-/m1/s1. The monoisotopic (exact) mass is 358 g/mol. The molecule has 1 saturated heterocycles. The lowest BCUT2D eigenvalue weighted by Gasteiger charge is -2.52. The summed E-state index contributed by atoms with van der Waals surface area (Å²) in [7, 11) is 0. The van der Waals surface area contributed by atoms with E-state index in [1.165, 1.54) is 17.2 Å². The average molecular weight is 358 g/mol. The predicted octanol–water partition coefficient (Wildman–Crippen LogP) is 3.89. The van der Waals surface area contributed by atoms with Crippen molar-refractivity contribution < 1.29 is 19.7 Å². The molecule has 6 atom stereocenters. The van der Waals surface area contributed by atoms with Crippen molar-refractivity contribution >= 4 is 5.97 Å². The lowest BCUT2D eigenvalue weighted by molar-refractivity contribution is -0.131. The number of hydrogen-bond donors (Lipinski definition) is 2. The maximum absolute atomic E-state index is 11.2. The Bertz CT molecular complexity index is 758. The number of aliphatic hydroxyl groups is 1. The van der Waals surface area contributed by atoms with Crippen LogP contribution in [0.3, 0.4) is 0 Å². The van der Waals surface area contributed by atoms with Crippen molar-refractivity contribution in [1.82, 2.24) is 0 Å². The molecule has 0 amide bonds. The number of allylic oxidation sites excluding steroid dienone is 4. The molecule has 1 heterocycles. The largest absolute Gasteiger partial charge is 0.478 e. The Morgan fingerprint density at radius 3 is 2.50 bits per heavy atom. The Kier molecular flexibility index (Phi) is 4.36. The molecule has 0 aromatic carbocycles. The number of aliphatic carboxylic acids is 1. The Morgan fingerprint density at radius 2 is 1.96 bits per heavy atom. The van der Waals surface area contributed by atoms with Crippen molar-refractivity contribution in [2.45, 2.75) is 53.8 Å². The maximum Gasteiger partial charge on any atom is 0.328 e. The number of rotatable bonds is 4. The molecule has 3 rings (SSSR count). The van der Waals surface area contributed by atoms with E-state index in [0.29, 0.717) is 0 Å². The van der Waals surface area contributed by atoms with Gasteiger partial charge in [-0.15, -0.1) is 0 Å². The molecule has 3 aliphatic rings. The number of aliphatic hydroxyl groups excluding tert-OH is 1. The van der Waals surface area contributed by atoms with Gasteiger partial charge in [-0.05, 0) is 31.9 Å². The molecule has 1 unspecified atom stereocenters. The van der Waals surface area contributed by atoms with Crippen LogP contribution in [0.4, 0.5) is 0 Å². The molecule has 2 N–H and O–H groups in total. The molecule has 0 bridgehead atoms. The molecule has 0 spiro atoms. The lowest BCUT2D eigenvalue weighted by Crippen LogP contribution is -2.52. The van der Waals surface area contributed by atoms with Gasteiger partial charge in [0, 0.05) is 28.2 Å². The van der Waals surface area contributed by atoms with Crippen LogP contribution in [0.1, 0.15) is 41.5 Å². The zero-order valence-electron chi connectivity index (χ0n) is 16.5. The van der Waals surface area contributed by atoms with Crippen molar-refractivity contribution in [3.63, 3.8) is 0 Å². The van der Waals surface area contributed by atoms with Crippen molar-refractivity contribution in [3.8, 4) is 0 Å². The minimum Gasteiger partial charge on any atom is -0.478 e. The van der Waals surface area contributed by atoms with Gasteiger partial charge in [0.15, 0.2) is 0 Å². The molecule has 4 heteroatoms. The van der Waals surface area contributed by atoms with Gasteiger partial charge >= 0.3 is 5.97 Å². The molecule has 0 saturated carbocycles. The first-order valence-electron chi connectivity index (χ1n) is 9.27. The van der Waals surface area contributed by atoms with E-state index in [1.807, 2.05) is 13.0 Å². The summed E-state index contributed by atoms with van der Waals surface area (Å²) < 4.78 is 6.55. The van der Waals surface area contributed by atoms with E-state index in [1.54, 1.807) is 6.08 Å². The first-order valence-corrected chi connectivity index (χ1v) is 9.27. The molecule has 0 aromatic heterocycles. The summed E-state index contributed by atoms with van der Waals surface area (Å²) in [6, 6.07) is 0. The molecule has 4 nitrogen and oxygen atoms in total. The number of ether oxygens (including phenoxy) is 1. The fraction of sp³-hybridized carbons (Fsp3) is 0.591. The molecule has 26 heavy (non-hydrogen) atoms. The van der Waals surface area contributed by atoms with E-state index in [0.717, 1.165) is 5.57 Å². The summed E-state index contributed by atoms with van der Waals surface area (Å²) in [6.45, 7) is 12.7. The molecule has 0 radical (unpaired) electrons. The van der Waals surface area contributed by atoms with Crippen LogP contribution in [0.15, 0.2) is 47.1 Å². The topological polar surface area (TPSA) is 66.8 Å². The molecule has 1 fully saturated rings. The van der Waals surface area contributed by atoms with Gasteiger partial charge in [0.2, 0.25) is 0 Å². The van der Waals surface area contributed by atoms with Crippen LogP contribution in [-0.2, 0) is 9.53 Å². The van der Waals surface area contributed by atoms with Crippen molar-refractivity contribution in [2.75, 3.05) is 6.61 Å². The van der Waals surface area contributed by atoms with Crippen LogP contribution >= 0.6 is 0 Å². The highest BCUT2D eigenvalue weighted by Gasteiger charge is 2.71. The maximum atomic E-state index is 11.2. The number of carbonyl (C=O) groups is 1. The smallest absolute Gasteiger partial charge is 0.328 e. The van der Waals surface area contributed by atoms with Gasteiger partial charge in [0.05, 0.1) is 18.8 Å². The summed E-state index contributed by atoms with van der Waals surface area (Å²) >= 11 is 0. The normalized spacial score (nSPS) is 44.9.